The second-order valence-electron chi connectivity index (χ2n) is 3.61. The molecule has 0 bridgehead atoms. The third-order valence-corrected chi connectivity index (χ3v) is 2.35. The van der Waals surface area contributed by atoms with E-state index in [1.165, 1.54) is 0 Å². The van der Waals surface area contributed by atoms with Crippen LogP contribution in [-0.4, -0.2) is 17.3 Å². The van der Waals surface area contributed by atoms with E-state index in [0.717, 1.165) is 0 Å². The molecule has 0 saturated heterocycles. The molecule has 0 saturated carbocycles. The summed E-state index contributed by atoms with van der Waals surface area (Å²) >= 11 is 0. The van der Waals surface area contributed by atoms with E-state index >= 15 is 0 Å². The Bertz CT molecular complexity index is 586. The van der Waals surface area contributed by atoms with Gasteiger partial charge >= 0.3 is 0 Å². The second kappa shape index (κ2) is 5.19. The Kier molecular flexibility index (Phi) is 3.44. The van der Waals surface area contributed by atoms with Crippen molar-refractivity contribution >= 4 is 5.69 Å². The van der Waals surface area contributed by atoms with Gasteiger partial charge in [-0.3, -0.25) is 0 Å². The molecule has 1 aromatic carbocycles. The summed E-state index contributed by atoms with van der Waals surface area (Å²) in [5.41, 5.74) is 1.22. The van der Waals surface area contributed by atoms with Gasteiger partial charge in [0.25, 0.3) is 0 Å². The number of rotatable bonds is 4. The van der Waals surface area contributed by atoms with Crippen molar-refractivity contribution in [3.63, 3.8) is 0 Å². The van der Waals surface area contributed by atoms with E-state index in [2.05, 4.69) is 21.5 Å². The van der Waals surface area contributed by atoms with Crippen LogP contribution in [0.15, 0.2) is 22.7 Å². The Balaban J connectivity index is 2.15. The third kappa shape index (κ3) is 2.58. The molecular formula is C12H12N4O2. The Morgan fingerprint density at radius 1 is 1.50 bits per heavy atom. The van der Waals surface area contributed by atoms with Gasteiger partial charge in [0.1, 0.15) is 11.8 Å². The Hall–Kier alpha value is -2.55. The van der Waals surface area contributed by atoms with Gasteiger partial charge in [0.2, 0.25) is 5.89 Å². The first-order valence-corrected chi connectivity index (χ1v) is 5.34. The van der Waals surface area contributed by atoms with Gasteiger partial charge in [-0.2, -0.15) is 10.2 Å². The average Bonchev–Trinajstić information content (AvgIpc) is 2.81. The Morgan fingerprint density at radius 3 is 2.94 bits per heavy atom. The minimum Gasteiger partial charge on any atom is -0.497 e. The number of nitrogens with one attached hydrogen (secondary N) is 1. The number of hydrogen-bond acceptors (Lipinski definition) is 6. The lowest BCUT2D eigenvalue weighted by atomic mass is 10.2. The molecule has 6 nitrogen and oxygen atoms in total. The summed E-state index contributed by atoms with van der Waals surface area (Å²) in [6.07, 6.45) is 0. The monoisotopic (exact) mass is 244 g/mol. The van der Waals surface area contributed by atoms with Crippen molar-refractivity contribution in [2.45, 2.75) is 13.5 Å². The van der Waals surface area contributed by atoms with E-state index in [4.69, 9.17) is 14.5 Å². The van der Waals surface area contributed by atoms with Gasteiger partial charge in [0.15, 0.2) is 5.82 Å². The highest BCUT2D eigenvalue weighted by atomic mass is 16.5. The first kappa shape index (κ1) is 11.9. The molecule has 1 aromatic heterocycles. The molecule has 0 aliphatic rings. The maximum Gasteiger partial charge on any atom is 0.223 e. The summed E-state index contributed by atoms with van der Waals surface area (Å²) < 4.78 is 9.97. The van der Waals surface area contributed by atoms with Crippen LogP contribution in [0.5, 0.6) is 5.75 Å². The average molecular weight is 244 g/mol. The lowest BCUT2D eigenvalue weighted by Gasteiger charge is -2.08. The number of nitriles is 1. The molecule has 0 unspecified atom stereocenters. The number of hydrogen-bond donors (Lipinski definition) is 1. The minimum absolute atomic E-state index is 0.388. The molecule has 0 atom stereocenters. The molecule has 0 radical (unpaired) electrons. The lowest BCUT2D eigenvalue weighted by molar-refractivity contribution is 0.388. The van der Waals surface area contributed by atoms with E-state index in [0.29, 0.717) is 35.3 Å². The quantitative estimate of drug-likeness (QED) is 0.883. The summed E-state index contributed by atoms with van der Waals surface area (Å²) in [5, 5.41) is 15.8. The molecule has 0 fully saturated rings. The van der Waals surface area contributed by atoms with Gasteiger partial charge in [-0.15, -0.1) is 0 Å². The van der Waals surface area contributed by atoms with Gasteiger partial charge in [0.05, 0.1) is 24.9 Å². The van der Waals surface area contributed by atoms with Gasteiger partial charge < -0.3 is 14.6 Å². The summed E-state index contributed by atoms with van der Waals surface area (Å²) in [5.74, 6) is 1.73. The number of ether oxygens (including phenoxy) is 1. The molecule has 0 aliphatic heterocycles. The van der Waals surface area contributed by atoms with Crippen LogP contribution in [0.25, 0.3) is 0 Å². The number of aryl methyl sites for hydroxylation is 1. The molecule has 92 valence electrons. The second-order valence-corrected chi connectivity index (χ2v) is 3.61. The van der Waals surface area contributed by atoms with Crippen LogP contribution in [0.3, 0.4) is 0 Å². The standard InChI is InChI=1S/C12H12N4O2/c1-8-15-12(16-18-8)7-14-11-5-10(17-2)4-3-9(11)6-13/h3-5,14H,7H2,1-2H3. The van der Waals surface area contributed by atoms with Crippen LogP contribution in [0.4, 0.5) is 5.69 Å². The zero-order valence-electron chi connectivity index (χ0n) is 10.1. The minimum atomic E-state index is 0.388. The summed E-state index contributed by atoms with van der Waals surface area (Å²) in [6.45, 7) is 2.11. The van der Waals surface area contributed by atoms with Crippen LogP contribution in [0.1, 0.15) is 17.3 Å². The topological polar surface area (TPSA) is 84.0 Å². The van der Waals surface area contributed by atoms with Gasteiger partial charge in [-0.25, -0.2) is 0 Å². The van der Waals surface area contributed by atoms with Crippen molar-refractivity contribution in [3.8, 4) is 11.8 Å². The first-order valence-electron chi connectivity index (χ1n) is 5.34. The fourth-order valence-corrected chi connectivity index (χ4v) is 1.48. The van der Waals surface area contributed by atoms with Crippen LogP contribution in [0.2, 0.25) is 0 Å². The van der Waals surface area contributed by atoms with Gasteiger partial charge in [-0.1, -0.05) is 5.16 Å². The van der Waals surface area contributed by atoms with Crippen LogP contribution >= 0.6 is 0 Å². The SMILES string of the molecule is COc1ccc(C#N)c(NCc2noc(C)n2)c1. The van der Waals surface area contributed by atoms with Crippen molar-refractivity contribution in [1.82, 2.24) is 10.1 Å². The highest BCUT2D eigenvalue weighted by molar-refractivity contribution is 5.60. The zero-order chi connectivity index (χ0) is 13.0. The van der Waals surface area contributed by atoms with Crippen molar-refractivity contribution in [2.24, 2.45) is 0 Å². The molecule has 6 heteroatoms. The fourth-order valence-electron chi connectivity index (χ4n) is 1.48. The fraction of sp³-hybridized carbons (Fsp3) is 0.250. The van der Waals surface area contributed by atoms with Gasteiger partial charge in [-0.05, 0) is 12.1 Å². The van der Waals surface area contributed by atoms with Crippen LogP contribution < -0.4 is 10.1 Å². The molecule has 0 spiro atoms. The van der Waals surface area contributed by atoms with Crippen molar-refractivity contribution in [1.29, 1.82) is 5.26 Å². The lowest BCUT2D eigenvalue weighted by Crippen LogP contribution is -2.03. The summed E-state index contributed by atoms with van der Waals surface area (Å²) in [7, 11) is 1.58. The molecule has 0 aliphatic carbocycles. The molecule has 2 aromatic rings. The summed E-state index contributed by atoms with van der Waals surface area (Å²) in [4.78, 5) is 4.07. The maximum atomic E-state index is 9.00. The predicted octanol–water partition coefficient (Wildman–Crippen LogP) is 1.87. The van der Waals surface area contributed by atoms with E-state index in [9.17, 15) is 0 Å². The molecule has 1 heterocycles. The molecular weight excluding hydrogens is 232 g/mol. The van der Waals surface area contributed by atoms with E-state index < -0.39 is 0 Å². The number of anilines is 1. The predicted molar refractivity (Wildman–Crippen MR) is 64.1 cm³/mol. The Morgan fingerprint density at radius 2 is 2.33 bits per heavy atom. The smallest absolute Gasteiger partial charge is 0.223 e. The molecule has 1 N–H and O–H groups in total. The number of aromatic nitrogens is 2. The van der Waals surface area contributed by atoms with Crippen LogP contribution in [-0.2, 0) is 6.54 Å². The number of methoxy groups -OCH3 is 1. The largest absolute Gasteiger partial charge is 0.497 e. The zero-order valence-corrected chi connectivity index (χ0v) is 10.1. The maximum absolute atomic E-state index is 9.00. The number of nitrogens with zero attached hydrogens (tertiary/aromatic N) is 3. The first-order chi connectivity index (χ1) is 8.72. The van der Waals surface area contributed by atoms with E-state index in [1.54, 1.807) is 32.2 Å². The van der Waals surface area contributed by atoms with Crippen LogP contribution in [0, 0.1) is 18.3 Å². The molecule has 0 amide bonds. The highest BCUT2D eigenvalue weighted by Gasteiger charge is 2.06. The van der Waals surface area contributed by atoms with E-state index in [-0.39, 0.29) is 0 Å². The van der Waals surface area contributed by atoms with Crippen molar-refractivity contribution in [2.75, 3.05) is 12.4 Å². The van der Waals surface area contributed by atoms with Crippen molar-refractivity contribution < 1.29 is 9.26 Å². The number of benzene rings is 1. The summed E-state index contributed by atoms with van der Waals surface area (Å²) in [6, 6.07) is 7.30. The molecule has 2 rings (SSSR count). The molecule has 18 heavy (non-hydrogen) atoms. The highest BCUT2D eigenvalue weighted by Crippen LogP contribution is 2.22. The van der Waals surface area contributed by atoms with Crippen molar-refractivity contribution in [3.05, 3.63) is 35.5 Å². The van der Waals surface area contributed by atoms with E-state index in [1.807, 2.05) is 0 Å². The van der Waals surface area contributed by atoms with Gasteiger partial charge in [0, 0.05) is 13.0 Å². The normalized spacial score (nSPS) is 9.83. The Labute approximate surface area is 104 Å². The third-order valence-electron chi connectivity index (χ3n) is 2.35.